The topological polar surface area (TPSA) is 58.9 Å². The lowest BCUT2D eigenvalue weighted by atomic mass is 9.83. The van der Waals surface area contributed by atoms with Crippen molar-refractivity contribution in [1.82, 2.24) is 4.98 Å². The van der Waals surface area contributed by atoms with Gasteiger partial charge >= 0.3 is 0 Å². The molecule has 0 radical (unpaired) electrons. The van der Waals surface area contributed by atoms with E-state index in [1.165, 1.54) is 10.9 Å². The highest BCUT2D eigenvalue weighted by Crippen LogP contribution is 2.38. The molecule has 3 N–H and O–H groups in total. The summed E-state index contributed by atoms with van der Waals surface area (Å²) in [7, 11) is 0. The van der Waals surface area contributed by atoms with Gasteiger partial charge in [-0.05, 0) is 37.0 Å². The minimum atomic E-state index is -0.210. The second-order valence-corrected chi connectivity index (χ2v) is 4.50. The van der Waals surface area contributed by atoms with Gasteiger partial charge in [-0.25, -0.2) is 0 Å². The zero-order chi connectivity index (χ0) is 11.3. The predicted octanol–water partition coefficient (Wildman–Crippen LogP) is 1.99. The molecule has 16 heavy (non-hydrogen) atoms. The quantitative estimate of drug-likeness (QED) is 0.749. The van der Waals surface area contributed by atoms with Crippen molar-refractivity contribution in [3.05, 3.63) is 35.0 Å². The van der Waals surface area contributed by atoms with Crippen LogP contribution < -0.4 is 5.73 Å². The number of aromatic amines is 1. The number of aryl methyl sites for hydroxylation is 2. The van der Waals surface area contributed by atoms with Gasteiger partial charge in [-0.1, -0.05) is 12.1 Å². The Bertz CT molecular complexity index is 583. The molecule has 2 aromatic rings. The van der Waals surface area contributed by atoms with Crippen LogP contribution in [0.2, 0.25) is 0 Å². The second kappa shape index (κ2) is 3.11. The average Bonchev–Trinajstić information content (AvgIpc) is 2.59. The van der Waals surface area contributed by atoms with Crippen LogP contribution in [0.4, 0.5) is 0 Å². The molecule has 82 valence electrons. The summed E-state index contributed by atoms with van der Waals surface area (Å²) in [5.41, 5.74) is 10.1. The molecule has 0 saturated heterocycles. The first-order chi connectivity index (χ1) is 7.68. The molecule has 1 amide bonds. The van der Waals surface area contributed by atoms with E-state index in [9.17, 15) is 4.79 Å². The lowest BCUT2D eigenvalue weighted by molar-refractivity contribution is -0.119. The summed E-state index contributed by atoms with van der Waals surface area (Å²) in [5, 5.41) is 1.22. The van der Waals surface area contributed by atoms with E-state index in [0.29, 0.717) is 0 Å². The van der Waals surface area contributed by atoms with E-state index in [1.807, 2.05) is 6.92 Å². The number of hydrogen-bond acceptors (Lipinski definition) is 1. The lowest BCUT2D eigenvalue weighted by Crippen LogP contribution is -2.24. The molecule has 1 aromatic heterocycles. The molecule has 1 atom stereocenters. The fourth-order valence-corrected chi connectivity index (χ4v) is 2.85. The SMILES string of the molecule is Cc1[nH]c2cccc3c2c1[C@@H](C(N)=O)CC3. The fraction of sp³-hybridized carbons (Fsp3) is 0.308. The van der Waals surface area contributed by atoms with Gasteiger partial charge in [0.2, 0.25) is 5.91 Å². The number of aromatic nitrogens is 1. The Balaban J connectivity index is 2.37. The lowest BCUT2D eigenvalue weighted by Gasteiger charge is -2.20. The van der Waals surface area contributed by atoms with Crippen LogP contribution >= 0.6 is 0 Å². The number of carbonyl (C=O) groups is 1. The maximum Gasteiger partial charge on any atom is 0.225 e. The van der Waals surface area contributed by atoms with Gasteiger partial charge in [-0.15, -0.1) is 0 Å². The van der Waals surface area contributed by atoms with E-state index in [0.717, 1.165) is 29.6 Å². The molecule has 0 bridgehead atoms. The first-order valence-electron chi connectivity index (χ1n) is 5.58. The third-order valence-corrected chi connectivity index (χ3v) is 3.54. The standard InChI is InChI=1S/C13H14N2O/c1-7-11-9(13(14)16)6-5-8-3-2-4-10(15-7)12(8)11/h2-4,9,15H,5-6H2,1H3,(H2,14,16)/t9-/m0/s1. The molecular formula is C13H14N2O. The van der Waals surface area contributed by atoms with Gasteiger partial charge in [0.25, 0.3) is 0 Å². The number of hydrogen-bond donors (Lipinski definition) is 2. The Labute approximate surface area is 93.6 Å². The van der Waals surface area contributed by atoms with Crippen LogP contribution in [0.3, 0.4) is 0 Å². The average molecular weight is 214 g/mol. The molecule has 1 aliphatic rings. The zero-order valence-electron chi connectivity index (χ0n) is 9.21. The number of primary amides is 1. The van der Waals surface area contributed by atoms with Crippen LogP contribution in [0, 0.1) is 6.92 Å². The summed E-state index contributed by atoms with van der Waals surface area (Å²) in [5.74, 6) is -0.331. The molecule has 1 aliphatic carbocycles. The highest BCUT2D eigenvalue weighted by Gasteiger charge is 2.28. The third kappa shape index (κ3) is 1.11. The molecule has 3 rings (SSSR count). The molecule has 3 heteroatoms. The monoisotopic (exact) mass is 214 g/mol. The summed E-state index contributed by atoms with van der Waals surface area (Å²) in [6.07, 6.45) is 1.77. The summed E-state index contributed by atoms with van der Waals surface area (Å²) in [4.78, 5) is 14.8. The van der Waals surface area contributed by atoms with E-state index >= 15 is 0 Å². The molecule has 0 aliphatic heterocycles. The number of rotatable bonds is 1. The molecule has 3 nitrogen and oxygen atoms in total. The van der Waals surface area contributed by atoms with Crippen LogP contribution in [0.25, 0.3) is 10.9 Å². The van der Waals surface area contributed by atoms with Crippen molar-refractivity contribution in [3.63, 3.8) is 0 Å². The minimum Gasteiger partial charge on any atom is -0.369 e. The molecule has 0 saturated carbocycles. The summed E-state index contributed by atoms with van der Waals surface area (Å²) in [6, 6.07) is 6.25. The third-order valence-electron chi connectivity index (χ3n) is 3.54. The fourth-order valence-electron chi connectivity index (χ4n) is 2.85. The Morgan fingerprint density at radius 3 is 3.06 bits per heavy atom. The maximum absolute atomic E-state index is 11.5. The van der Waals surface area contributed by atoms with Crippen molar-refractivity contribution in [3.8, 4) is 0 Å². The van der Waals surface area contributed by atoms with E-state index in [1.54, 1.807) is 0 Å². The van der Waals surface area contributed by atoms with Crippen molar-refractivity contribution in [1.29, 1.82) is 0 Å². The minimum absolute atomic E-state index is 0.122. The van der Waals surface area contributed by atoms with Crippen molar-refractivity contribution < 1.29 is 4.79 Å². The molecule has 0 spiro atoms. The van der Waals surface area contributed by atoms with Crippen LogP contribution in [0.1, 0.15) is 29.2 Å². The summed E-state index contributed by atoms with van der Waals surface area (Å²) in [6.45, 7) is 2.01. The molecule has 1 heterocycles. The zero-order valence-corrected chi connectivity index (χ0v) is 9.21. The first kappa shape index (κ1) is 9.46. The van der Waals surface area contributed by atoms with Gasteiger partial charge < -0.3 is 10.7 Å². The summed E-state index contributed by atoms with van der Waals surface area (Å²) >= 11 is 0. The first-order valence-corrected chi connectivity index (χ1v) is 5.58. The molecule has 0 fully saturated rings. The van der Waals surface area contributed by atoms with Gasteiger partial charge in [0.1, 0.15) is 0 Å². The van der Waals surface area contributed by atoms with E-state index < -0.39 is 0 Å². The molecule has 1 aromatic carbocycles. The van der Waals surface area contributed by atoms with Gasteiger partial charge in [0.15, 0.2) is 0 Å². The van der Waals surface area contributed by atoms with Crippen LogP contribution in [-0.2, 0) is 11.2 Å². The van der Waals surface area contributed by atoms with E-state index in [2.05, 4.69) is 23.2 Å². The molecule has 0 unspecified atom stereocenters. The normalized spacial score (nSPS) is 18.9. The van der Waals surface area contributed by atoms with Crippen molar-refractivity contribution in [2.45, 2.75) is 25.7 Å². The van der Waals surface area contributed by atoms with Crippen molar-refractivity contribution >= 4 is 16.8 Å². The second-order valence-electron chi connectivity index (χ2n) is 4.50. The van der Waals surface area contributed by atoms with Crippen molar-refractivity contribution in [2.75, 3.05) is 0 Å². The number of nitrogens with two attached hydrogens (primary N) is 1. The smallest absolute Gasteiger partial charge is 0.225 e. The van der Waals surface area contributed by atoms with Gasteiger partial charge in [0.05, 0.1) is 5.92 Å². The number of benzene rings is 1. The van der Waals surface area contributed by atoms with E-state index in [-0.39, 0.29) is 11.8 Å². The molecular weight excluding hydrogens is 200 g/mol. The summed E-state index contributed by atoms with van der Waals surface area (Å²) < 4.78 is 0. The number of carbonyl (C=O) groups excluding carboxylic acids is 1. The van der Waals surface area contributed by atoms with Crippen LogP contribution in [0.15, 0.2) is 18.2 Å². The van der Waals surface area contributed by atoms with Crippen molar-refractivity contribution in [2.24, 2.45) is 5.73 Å². The van der Waals surface area contributed by atoms with Crippen LogP contribution in [-0.4, -0.2) is 10.9 Å². The van der Waals surface area contributed by atoms with Gasteiger partial charge in [0, 0.05) is 16.6 Å². The Kier molecular flexibility index (Phi) is 1.84. The largest absolute Gasteiger partial charge is 0.369 e. The van der Waals surface area contributed by atoms with E-state index in [4.69, 9.17) is 5.73 Å². The maximum atomic E-state index is 11.5. The Morgan fingerprint density at radius 2 is 2.31 bits per heavy atom. The Hall–Kier alpha value is -1.77. The van der Waals surface area contributed by atoms with Crippen LogP contribution in [0.5, 0.6) is 0 Å². The predicted molar refractivity (Wildman–Crippen MR) is 63.3 cm³/mol. The number of H-pyrrole nitrogens is 1. The van der Waals surface area contributed by atoms with Gasteiger partial charge in [-0.2, -0.15) is 0 Å². The number of amides is 1. The highest BCUT2D eigenvalue weighted by molar-refractivity contribution is 5.95. The Morgan fingerprint density at radius 1 is 1.50 bits per heavy atom. The van der Waals surface area contributed by atoms with Gasteiger partial charge in [-0.3, -0.25) is 4.79 Å². The number of nitrogens with one attached hydrogen (secondary N) is 1. The highest BCUT2D eigenvalue weighted by atomic mass is 16.1.